The third kappa shape index (κ3) is 4.49. The van der Waals surface area contributed by atoms with Crippen LogP contribution < -0.4 is 10.3 Å². The van der Waals surface area contributed by atoms with E-state index in [0.717, 1.165) is 11.3 Å². The van der Waals surface area contributed by atoms with Crippen LogP contribution in [0, 0.1) is 6.92 Å². The number of hydrogen-bond donors (Lipinski definition) is 0. The van der Waals surface area contributed by atoms with Crippen LogP contribution >= 0.6 is 11.6 Å². The number of rotatable bonds is 6. The number of aromatic nitrogens is 5. The first kappa shape index (κ1) is 20.9. The molecule has 2 aromatic heterocycles. The molecular formula is C25H20ClN5O2. The summed E-state index contributed by atoms with van der Waals surface area (Å²) >= 11 is 6.05. The van der Waals surface area contributed by atoms with Gasteiger partial charge in [-0.3, -0.25) is 9.36 Å². The van der Waals surface area contributed by atoms with Gasteiger partial charge in [-0.1, -0.05) is 53.2 Å². The summed E-state index contributed by atoms with van der Waals surface area (Å²) in [5.74, 6) is 1.23. The van der Waals surface area contributed by atoms with E-state index in [4.69, 9.17) is 16.3 Å². The van der Waals surface area contributed by atoms with Crippen LogP contribution in [0.4, 0.5) is 0 Å². The Morgan fingerprint density at radius 3 is 2.67 bits per heavy atom. The topological polar surface area (TPSA) is 74.8 Å². The average Bonchev–Trinajstić information content (AvgIpc) is 3.30. The van der Waals surface area contributed by atoms with Crippen molar-refractivity contribution in [3.8, 4) is 11.4 Å². The second-order valence-electron chi connectivity index (χ2n) is 7.64. The summed E-state index contributed by atoms with van der Waals surface area (Å²) in [5, 5.41) is 9.42. The van der Waals surface area contributed by atoms with Crippen molar-refractivity contribution in [1.29, 1.82) is 0 Å². The molecular weight excluding hydrogens is 438 g/mol. The Hall–Kier alpha value is -3.97. The minimum atomic E-state index is -0.0984. The SMILES string of the molecule is Cc1nc2ccc(OCc3cn(-c4cccc(Cl)c4)nn3)cc2c(=O)n1Cc1ccccc1. The largest absolute Gasteiger partial charge is 0.487 e. The summed E-state index contributed by atoms with van der Waals surface area (Å²) in [5.41, 5.74) is 3.05. The van der Waals surface area contributed by atoms with Gasteiger partial charge in [-0.05, 0) is 48.9 Å². The summed E-state index contributed by atoms with van der Waals surface area (Å²) in [6.45, 7) is 2.52. The monoisotopic (exact) mass is 457 g/mol. The third-order valence-electron chi connectivity index (χ3n) is 5.30. The number of hydrogen-bond acceptors (Lipinski definition) is 5. The van der Waals surface area contributed by atoms with Crippen molar-refractivity contribution in [3.63, 3.8) is 0 Å². The summed E-state index contributed by atoms with van der Waals surface area (Å²) in [6, 6.07) is 22.5. The van der Waals surface area contributed by atoms with Gasteiger partial charge in [0.05, 0.1) is 29.3 Å². The Balaban J connectivity index is 1.38. The van der Waals surface area contributed by atoms with E-state index >= 15 is 0 Å². The molecule has 0 aliphatic carbocycles. The fourth-order valence-corrected chi connectivity index (χ4v) is 3.80. The van der Waals surface area contributed by atoms with Crippen LogP contribution in [-0.2, 0) is 13.2 Å². The molecule has 2 heterocycles. The lowest BCUT2D eigenvalue weighted by atomic mass is 10.2. The van der Waals surface area contributed by atoms with E-state index in [1.54, 1.807) is 45.8 Å². The second-order valence-corrected chi connectivity index (χ2v) is 8.07. The zero-order chi connectivity index (χ0) is 22.8. The Labute approximate surface area is 194 Å². The van der Waals surface area contributed by atoms with E-state index in [2.05, 4.69) is 15.3 Å². The summed E-state index contributed by atoms with van der Waals surface area (Å²) in [4.78, 5) is 17.8. The van der Waals surface area contributed by atoms with Gasteiger partial charge in [0.25, 0.3) is 5.56 Å². The van der Waals surface area contributed by atoms with Gasteiger partial charge in [0.15, 0.2) is 0 Å². The summed E-state index contributed by atoms with van der Waals surface area (Å²) in [7, 11) is 0. The molecule has 33 heavy (non-hydrogen) atoms. The van der Waals surface area contributed by atoms with Gasteiger partial charge in [-0.15, -0.1) is 5.10 Å². The van der Waals surface area contributed by atoms with E-state index in [-0.39, 0.29) is 12.2 Å². The van der Waals surface area contributed by atoms with Crippen molar-refractivity contribution in [2.45, 2.75) is 20.1 Å². The molecule has 0 aliphatic heterocycles. The molecule has 5 aromatic rings. The van der Waals surface area contributed by atoms with Crippen molar-refractivity contribution in [2.24, 2.45) is 0 Å². The maximum absolute atomic E-state index is 13.2. The van der Waals surface area contributed by atoms with Crippen LogP contribution in [0.15, 0.2) is 83.8 Å². The van der Waals surface area contributed by atoms with Gasteiger partial charge in [0, 0.05) is 5.02 Å². The Kier molecular flexibility index (Phi) is 5.62. The van der Waals surface area contributed by atoms with Gasteiger partial charge in [0.1, 0.15) is 23.9 Å². The molecule has 5 rings (SSSR count). The number of benzene rings is 3. The molecule has 0 atom stereocenters. The third-order valence-corrected chi connectivity index (χ3v) is 5.54. The smallest absolute Gasteiger partial charge is 0.261 e. The summed E-state index contributed by atoms with van der Waals surface area (Å²) in [6.07, 6.45) is 1.78. The van der Waals surface area contributed by atoms with Crippen molar-refractivity contribution in [3.05, 3.63) is 111 Å². The Morgan fingerprint density at radius 1 is 1.00 bits per heavy atom. The quantitative estimate of drug-likeness (QED) is 0.373. The van der Waals surface area contributed by atoms with Gasteiger partial charge in [-0.25, -0.2) is 9.67 Å². The molecule has 0 spiro atoms. The lowest BCUT2D eigenvalue weighted by Gasteiger charge is -2.12. The highest BCUT2D eigenvalue weighted by atomic mass is 35.5. The van der Waals surface area contributed by atoms with Crippen molar-refractivity contribution < 1.29 is 4.74 Å². The maximum Gasteiger partial charge on any atom is 0.261 e. The second kappa shape index (κ2) is 8.88. The molecule has 0 radical (unpaired) electrons. The van der Waals surface area contributed by atoms with Crippen molar-refractivity contribution >= 4 is 22.5 Å². The normalized spacial score (nSPS) is 11.1. The lowest BCUT2D eigenvalue weighted by molar-refractivity contribution is 0.301. The first-order valence-electron chi connectivity index (χ1n) is 10.4. The minimum absolute atomic E-state index is 0.0984. The van der Waals surface area contributed by atoms with Crippen molar-refractivity contribution in [2.75, 3.05) is 0 Å². The van der Waals surface area contributed by atoms with Crippen LogP contribution in [0.5, 0.6) is 5.75 Å². The Bertz CT molecular complexity index is 1490. The van der Waals surface area contributed by atoms with Crippen LogP contribution in [0.25, 0.3) is 16.6 Å². The molecule has 0 saturated heterocycles. The fourth-order valence-electron chi connectivity index (χ4n) is 3.62. The van der Waals surface area contributed by atoms with E-state index < -0.39 is 0 Å². The number of aryl methyl sites for hydroxylation is 1. The standard InChI is InChI=1S/C25H20ClN5O2/c1-17-27-24-11-10-22(13-23(24)25(32)30(17)14-18-6-3-2-4-7-18)33-16-20-15-31(29-28-20)21-9-5-8-19(26)12-21/h2-13,15H,14,16H2,1H3. The van der Waals surface area contributed by atoms with E-state index in [9.17, 15) is 4.79 Å². The number of halogens is 1. The molecule has 0 saturated carbocycles. The molecule has 0 unspecified atom stereocenters. The van der Waals surface area contributed by atoms with Crippen LogP contribution in [-0.4, -0.2) is 24.5 Å². The molecule has 8 heteroatoms. The van der Waals surface area contributed by atoms with Gasteiger partial charge >= 0.3 is 0 Å². The molecule has 7 nitrogen and oxygen atoms in total. The highest BCUT2D eigenvalue weighted by Crippen LogP contribution is 2.19. The van der Waals surface area contributed by atoms with E-state index in [0.29, 0.717) is 39.7 Å². The van der Waals surface area contributed by atoms with Gasteiger partial charge in [0.2, 0.25) is 0 Å². The summed E-state index contributed by atoms with van der Waals surface area (Å²) < 4.78 is 9.22. The van der Waals surface area contributed by atoms with Gasteiger partial charge < -0.3 is 4.74 Å². The zero-order valence-electron chi connectivity index (χ0n) is 17.9. The zero-order valence-corrected chi connectivity index (χ0v) is 18.6. The van der Waals surface area contributed by atoms with Crippen LogP contribution in [0.3, 0.4) is 0 Å². The average molecular weight is 458 g/mol. The first-order valence-corrected chi connectivity index (χ1v) is 10.8. The number of nitrogens with zero attached hydrogens (tertiary/aromatic N) is 5. The first-order chi connectivity index (χ1) is 16.1. The number of ether oxygens (including phenoxy) is 1. The maximum atomic E-state index is 13.2. The van der Waals surface area contributed by atoms with Crippen LogP contribution in [0.1, 0.15) is 17.1 Å². The van der Waals surface area contributed by atoms with Crippen molar-refractivity contribution in [1.82, 2.24) is 24.5 Å². The predicted octanol–water partition coefficient (Wildman–Crippen LogP) is 4.57. The molecule has 164 valence electrons. The highest BCUT2D eigenvalue weighted by molar-refractivity contribution is 6.30. The lowest BCUT2D eigenvalue weighted by Crippen LogP contribution is -2.24. The molecule has 3 aromatic carbocycles. The number of fused-ring (bicyclic) bond motifs is 1. The molecule has 0 bridgehead atoms. The molecule has 0 fully saturated rings. The minimum Gasteiger partial charge on any atom is -0.487 e. The van der Waals surface area contributed by atoms with Crippen LogP contribution in [0.2, 0.25) is 5.02 Å². The predicted molar refractivity (Wildman–Crippen MR) is 127 cm³/mol. The highest BCUT2D eigenvalue weighted by Gasteiger charge is 2.11. The molecule has 0 amide bonds. The van der Waals surface area contributed by atoms with E-state index in [1.165, 1.54) is 0 Å². The Morgan fingerprint density at radius 2 is 1.85 bits per heavy atom. The molecule has 0 N–H and O–H groups in total. The van der Waals surface area contributed by atoms with Gasteiger partial charge in [-0.2, -0.15) is 0 Å². The molecule has 0 aliphatic rings. The van der Waals surface area contributed by atoms with E-state index in [1.807, 2.05) is 49.4 Å². The fraction of sp³-hybridized carbons (Fsp3) is 0.120.